The fraction of sp³-hybridized carbons (Fsp3) is 0.101. The predicted molar refractivity (Wildman–Crippen MR) is 417 cm³/mol. The number of carboxylic acids is 1. The van der Waals surface area contributed by atoms with E-state index in [9.17, 15) is 37.1 Å². The molecule has 2 amide bonds. The summed E-state index contributed by atoms with van der Waals surface area (Å²) in [6, 6.07) is 47.1. The number of pyridine rings is 5. The number of aliphatic imine (C=N–C) groups is 1. The molecule has 0 radical (unpaired) electrons. The normalized spacial score (nSPS) is 9.69. The number of aryl methyl sites for hydroxylation is 1. The van der Waals surface area contributed by atoms with Gasteiger partial charge in [0.2, 0.25) is 9.23 Å². The van der Waals surface area contributed by atoms with E-state index in [2.05, 4.69) is 90.5 Å². The number of aromatic hydroxyl groups is 1. The van der Waals surface area contributed by atoms with E-state index in [1.807, 2.05) is 42.4 Å². The number of phenolic OH excluding ortho intramolecular Hbond substituents is 1. The van der Waals surface area contributed by atoms with Crippen LogP contribution in [0.2, 0.25) is 20.1 Å². The smallest absolute Gasteiger partial charge is 0.417 e. The molecule has 0 atom stereocenters. The molecular weight excluding hydrogens is 1570 g/mol. The zero-order valence-corrected chi connectivity index (χ0v) is 63.2. The van der Waals surface area contributed by atoms with Crippen molar-refractivity contribution in [3.8, 4) is 28.7 Å². The number of nitrogens with zero attached hydrogens (tertiary/aromatic N) is 6. The van der Waals surface area contributed by atoms with E-state index in [0.29, 0.717) is 72.4 Å². The van der Waals surface area contributed by atoms with Crippen molar-refractivity contribution in [1.82, 2.24) is 35.6 Å². The highest BCUT2D eigenvalue weighted by Gasteiger charge is 2.33. The summed E-state index contributed by atoms with van der Waals surface area (Å²) in [5, 5.41) is 31.5. The molecule has 0 aliphatic rings. The molecule has 105 heavy (non-hydrogen) atoms. The van der Waals surface area contributed by atoms with E-state index < -0.39 is 32.2 Å². The van der Waals surface area contributed by atoms with E-state index in [1.54, 1.807) is 136 Å². The molecule has 0 saturated carbocycles. The van der Waals surface area contributed by atoms with Gasteiger partial charge in [0.05, 0.1) is 21.4 Å². The summed E-state index contributed by atoms with van der Waals surface area (Å²) in [6.45, 7) is 3.73. The Morgan fingerprint density at radius 2 is 1.02 bits per heavy atom. The van der Waals surface area contributed by atoms with Gasteiger partial charge in [-0.1, -0.05) is 59.4 Å². The fourth-order valence-electron chi connectivity index (χ4n) is 6.95. The number of benzene rings is 5. The number of amides is 2. The van der Waals surface area contributed by atoms with Gasteiger partial charge in [-0.15, -0.1) is 0 Å². The number of thiocarbonyl (C=S) groups is 2. The molecule has 5 aromatic carbocycles. The number of ether oxygens (including phenoxy) is 2. The lowest BCUT2D eigenvalue weighted by Gasteiger charge is -2.12. The minimum absolute atomic E-state index is 0.0208. The van der Waals surface area contributed by atoms with Gasteiger partial charge in [-0.05, 0) is 213 Å². The van der Waals surface area contributed by atoms with Crippen molar-refractivity contribution in [2.24, 2.45) is 10.7 Å². The molecule has 0 aliphatic heterocycles. The summed E-state index contributed by atoms with van der Waals surface area (Å²) in [5.41, 5.74) is 19.8. The number of phenols is 1. The minimum Gasteiger partial charge on any atom is -0.508 e. The van der Waals surface area contributed by atoms with Crippen molar-refractivity contribution < 1.29 is 61.0 Å². The van der Waals surface area contributed by atoms with Crippen molar-refractivity contribution in [1.29, 1.82) is 0 Å². The summed E-state index contributed by atoms with van der Waals surface area (Å²) < 4.78 is 57.4. The number of hydrogen-bond donors (Lipinski definition) is 9. The first-order valence-corrected chi connectivity index (χ1v) is 34.8. The van der Waals surface area contributed by atoms with Crippen LogP contribution in [0.3, 0.4) is 0 Å². The molecule has 12 N–H and O–H groups in total. The number of carboxylic acid groups (broad SMARTS) is 1. The lowest BCUT2D eigenvalue weighted by molar-refractivity contribution is -0.137. The number of carbonyl (C=O) groups is 5. The van der Waals surface area contributed by atoms with Crippen molar-refractivity contribution in [2.45, 2.75) is 26.4 Å². The summed E-state index contributed by atoms with van der Waals surface area (Å²) in [5.74, 6) is 1.10. The maximum atomic E-state index is 12.3. The zero-order valence-electron chi connectivity index (χ0n) is 55.4. The van der Waals surface area contributed by atoms with E-state index in [-0.39, 0.29) is 51.1 Å². The molecule has 5 heterocycles. The number of hydrogen-bond acceptors (Lipinski definition) is 20. The quantitative estimate of drug-likeness (QED) is 0.0129. The van der Waals surface area contributed by atoms with Gasteiger partial charge in [-0.3, -0.25) is 39.1 Å². The van der Waals surface area contributed by atoms with Crippen molar-refractivity contribution in [3.63, 3.8) is 0 Å². The van der Waals surface area contributed by atoms with Crippen LogP contribution in [-0.4, -0.2) is 99.6 Å². The van der Waals surface area contributed by atoms with Crippen molar-refractivity contribution >= 4 is 181 Å². The Hall–Kier alpha value is -9.98. The van der Waals surface area contributed by atoms with Gasteiger partial charge in [-0.2, -0.15) is 18.2 Å². The number of halogens is 10. The van der Waals surface area contributed by atoms with Crippen LogP contribution in [0.5, 0.6) is 28.7 Å². The van der Waals surface area contributed by atoms with Crippen LogP contribution >= 0.6 is 104 Å². The third-order valence-electron chi connectivity index (χ3n) is 11.7. The number of aromatic carboxylic acids is 1. The average Bonchev–Trinajstić information content (AvgIpc) is 0.818. The molecular formula is C69H63Cl7F3N13O10S3. The second-order valence-electron chi connectivity index (χ2n) is 19.2. The second-order valence-corrected chi connectivity index (χ2v) is 24.3. The number of nitrogens with one attached hydrogen (secondary N) is 4. The zero-order chi connectivity index (χ0) is 78.6. The number of nitrogens with two attached hydrogens (primary N) is 3. The number of ketones is 1. The predicted octanol–water partition coefficient (Wildman–Crippen LogP) is 17.7. The number of Topliss-reactive ketones (excluding diaryl/α,β-unsaturated/α-hetero) is 1. The lowest BCUT2D eigenvalue weighted by Crippen LogP contribution is -2.19. The first kappa shape index (κ1) is 91.1. The maximum Gasteiger partial charge on any atom is 0.417 e. The highest BCUT2D eigenvalue weighted by molar-refractivity contribution is 8.26. The molecule has 10 rings (SSSR count). The number of isothiocyanates is 1. The number of aromatic nitrogens is 5. The Balaban J connectivity index is 0.000000430. The molecule has 10 aromatic rings. The van der Waals surface area contributed by atoms with E-state index in [0.717, 1.165) is 29.1 Å². The Kier molecular flexibility index (Phi) is 43.1. The van der Waals surface area contributed by atoms with Crippen LogP contribution in [0.25, 0.3) is 0 Å². The highest BCUT2D eigenvalue weighted by Crippen LogP contribution is 2.37. The number of alkyl halides is 3. The fourth-order valence-corrected chi connectivity index (χ4v) is 8.06. The average molecular weight is 1640 g/mol. The number of anilines is 4. The molecule has 0 spiro atoms. The van der Waals surface area contributed by atoms with E-state index in [1.165, 1.54) is 56.2 Å². The van der Waals surface area contributed by atoms with Crippen LogP contribution in [0.1, 0.15) is 76.9 Å². The Morgan fingerprint density at radius 1 is 0.581 bits per heavy atom. The minimum atomic E-state index is -4.48. The third kappa shape index (κ3) is 37.9. The van der Waals surface area contributed by atoms with Gasteiger partial charge >= 0.3 is 12.1 Å². The van der Waals surface area contributed by atoms with Crippen LogP contribution in [0, 0.1) is 6.92 Å². The van der Waals surface area contributed by atoms with Crippen molar-refractivity contribution in [2.75, 3.05) is 43.2 Å². The van der Waals surface area contributed by atoms with Crippen molar-refractivity contribution in [3.05, 3.63) is 267 Å². The standard InChI is InChI=1S/C21H19ClN4O2S.C13H13N3O2.C8H3ClF3NS.C8H8ClNO.C6H3Cl2NO.C6H5NO2.C6H7NO.CH5N.Cl2OS/c1-13-11-15(5-8-18(13)22)26-21(29)25-14-3-6-16(7-4-14)28-17-9-10-24-19(12-17)20(27)23-2;1-15-13(17)12-8-11(6-7-16-12)18-10-4-2-9(14)3-5-10;9-7-2-1-5(13-4-14)3-6(7)8(10,11)12;1-2-8(11)7-5-6(9)3-4-10-7;7-4-1-2-9-5(3-4)6(8)10;8-6(9)5-3-1-2-4-7-5;7-5-1-3-6(8)4-2-5;1-2;1-4(2)3/h3-12H,1-2H3,(H,23,27)(H2,25,26,29);2-8H,14H2,1H3,(H,15,17);1-3H;3-5H,2H2,1H3;1-3H;1-4H,(H,8,9);1-4,8H,7H2;2H2,1H3;. The summed E-state index contributed by atoms with van der Waals surface area (Å²) in [7, 11) is 12.0. The van der Waals surface area contributed by atoms with Gasteiger partial charge in [0.25, 0.3) is 17.1 Å². The largest absolute Gasteiger partial charge is 0.508 e. The summed E-state index contributed by atoms with van der Waals surface area (Å²) in [4.78, 5) is 77.2. The van der Waals surface area contributed by atoms with Gasteiger partial charge in [0.15, 0.2) is 10.9 Å². The van der Waals surface area contributed by atoms with Crippen LogP contribution in [0.4, 0.5) is 41.6 Å². The van der Waals surface area contributed by atoms with Gasteiger partial charge in [-0.25, -0.2) is 14.0 Å². The molecule has 0 unspecified atom stereocenters. The summed E-state index contributed by atoms with van der Waals surface area (Å²) in [6.07, 6.45) is 3.44. The molecule has 0 aliphatic carbocycles. The monoisotopic (exact) mass is 1630 g/mol. The molecule has 23 nitrogen and oxygen atoms in total. The first-order chi connectivity index (χ1) is 49.8. The van der Waals surface area contributed by atoms with E-state index >= 15 is 0 Å². The number of nitrogen functional groups attached to an aromatic ring is 2. The lowest BCUT2D eigenvalue weighted by atomic mass is 10.2. The SMILES string of the molecule is CCC(=O)c1cc(Cl)ccn1.CN.CNC(=O)c1cc(Oc2ccc(N)cc2)ccn1.CNC(=O)c1cc(Oc2ccc(NC(=S)Nc3ccc(Cl)c(C)c3)cc2)ccn1.FC(F)(F)c1cc(N=C=S)ccc1Cl.Nc1ccc(O)cc1.O=C(Cl)c1cc(Cl)ccn1.O=C(O)c1ccccn1.O=S(Cl)Cl. The second kappa shape index (κ2) is 49.6. The topological polar surface area (TPSA) is 364 Å². The van der Waals surface area contributed by atoms with Gasteiger partial charge in [0, 0.05) is 123 Å². The number of rotatable bonds is 13. The molecule has 0 bridgehead atoms. The Morgan fingerprint density at radius 3 is 1.43 bits per heavy atom. The Bertz CT molecular complexity index is 4490. The molecule has 0 fully saturated rings. The van der Waals surface area contributed by atoms with Gasteiger partial charge in [0.1, 0.15) is 57.2 Å². The van der Waals surface area contributed by atoms with E-state index in [4.69, 9.17) is 106 Å². The third-order valence-corrected chi connectivity index (χ3v) is 13.4. The van der Waals surface area contributed by atoms with Crippen LogP contribution in [0.15, 0.2) is 212 Å². The first-order valence-electron chi connectivity index (χ1n) is 29.3. The maximum absolute atomic E-state index is 12.3. The molecule has 0 saturated heterocycles. The van der Waals surface area contributed by atoms with Crippen LogP contribution in [-0.2, 0) is 15.4 Å². The Labute approximate surface area is 648 Å². The van der Waals surface area contributed by atoms with Gasteiger partial charge < -0.3 is 58.2 Å². The summed E-state index contributed by atoms with van der Waals surface area (Å²) >= 11 is 37.3. The number of carbonyl (C=O) groups excluding carboxylic acids is 4. The molecule has 36 heteroatoms. The molecule has 552 valence electrons. The molecule has 5 aromatic heterocycles. The van der Waals surface area contributed by atoms with Crippen LogP contribution < -0.4 is 47.9 Å². The highest BCUT2D eigenvalue weighted by atomic mass is 36.0.